The van der Waals surface area contributed by atoms with Crippen LogP contribution in [0.3, 0.4) is 0 Å². The Morgan fingerprint density at radius 1 is 1.08 bits per heavy atom. The van der Waals surface area contributed by atoms with Crippen LogP contribution in [0, 0.1) is 0 Å². The SMILES string of the molecule is O=C(O)c1cccc(C(=O)N2CCC(Oc3ccccc3Cl)CC2)n1. The van der Waals surface area contributed by atoms with E-state index < -0.39 is 5.97 Å². The van der Waals surface area contributed by atoms with E-state index in [1.54, 1.807) is 11.0 Å². The van der Waals surface area contributed by atoms with Crippen LogP contribution in [0.2, 0.25) is 5.02 Å². The Kier molecular flexibility index (Phi) is 5.19. The van der Waals surface area contributed by atoms with Gasteiger partial charge in [0.25, 0.3) is 5.91 Å². The van der Waals surface area contributed by atoms with Gasteiger partial charge in [0, 0.05) is 25.9 Å². The highest BCUT2D eigenvalue weighted by molar-refractivity contribution is 6.32. The van der Waals surface area contributed by atoms with Crippen LogP contribution in [-0.2, 0) is 0 Å². The minimum atomic E-state index is -1.15. The normalized spacial score (nSPS) is 15.0. The molecule has 2 heterocycles. The van der Waals surface area contributed by atoms with E-state index >= 15 is 0 Å². The Bertz CT molecular complexity index is 788. The monoisotopic (exact) mass is 360 g/mol. The molecule has 3 rings (SSSR count). The highest BCUT2D eigenvalue weighted by Gasteiger charge is 2.26. The maximum absolute atomic E-state index is 12.5. The number of likely N-dealkylation sites (tertiary alicyclic amines) is 1. The van der Waals surface area contributed by atoms with Crippen molar-refractivity contribution < 1.29 is 19.4 Å². The van der Waals surface area contributed by atoms with Gasteiger partial charge in [0.2, 0.25) is 0 Å². The number of carbonyl (C=O) groups excluding carboxylic acids is 1. The van der Waals surface area contributed by atoms with Crippen LogP contribution in [0.15, 0.2) is 42.5 Å². The van der Waals surface area contributed by atoms with Crippen LogP contribution in [0.25, 0.3) is 0 Å². The molecule has 25 heavy (non-hydrogen) atoms. The molecule has 1 fully saturated rings. The molecule has 1 aliphatic heterocycles. The number of carbonyl (C=O) groups is 2. The van der Waals surface area contributed by atoms with Gasteiger partial charge in [-0.25, -0.2) is 9.78 Å². The summed E-state index contributed by atoms with van der Waals surface area (Å²) in [5, 5.41) is 9.55. The van der Waals surface area contributed by atoms with Gasteiger partial charge in [-0.05, 0) is 24.3 Å². The Morgan fingerprint density at radius 2 is 1.76 bits per heavy atom. The van der Waals surface area contributed by atoms with Crippen molar-refractivity contribution in [2.24, 2.45) is 0 Å². The molecule has 0 bridgehead atoms. The molecule has 0 aliphatic carbocycles. The molecule has 0 unspecified atom stereocenters. The molecule has 1 aliphatic rings. The lowest BCUT2D eigenvalue weighted by Gasteiger charge is -2.32. The average molecular weight is 361 g/mol. The second-order valence-electron chi connectivity index (χ2n) is 5.75. The smallest absolute Gasteiger partial charge is 0.354 e. The van der Waals surface area contributed by atoms with Gasteiger partial charge in [0.15, 0.2) is 0 Å². The van der Waals surface area contributed by atoms with Gasteiger partial charge in [-0.2, -0.15) is 0 Å². The first-order chi connectivity index (χ1) is 12.0. The Hall–Kier alpha value is -2.60. The van der Waals surface area contributed by atoms with E-state index in [-0.39, 0.29) is 23.4 Å². The van der Waals surface area contributed by atoms with Gasteiger partial charge < -0.3 is 14.7 Å². The van der Waals surface area contributed by atoms with Gasteiger partial charge in [0.05, 0.1) is 5.02 Å². The number of amides is 1. The quantitative estimate of drug-likeness (QED) is 0.906. The first-order valence-corrected chi connectivity index (χ1v) is 8.33. The summed E-state index contributed by atoms with van der Waals surface area (Å²) < 4.78 is 5.91. The fourth-order valence-corrected chi connectivity index (χ4v) is 2.91. The molecule has 1 aromatic heterocycles. The molecule has 1 aromatic carbocycles. The lowest BCUT2D eigenvalue weighted by Crippen LogP contribution is -2.42. The minimum Gasteiger partial charge on any atom is -0.489 e. The van der Waals surface area contributed by atoms with Crippen LogP contribution in [0.1, 0.15) is 33.8 Å². The Balaban J connectivity index is 1.60. The number of hydrogen-bond acceptors (Lipinski definition) is 4. The molecule has 0 saturated carbocycles. The molecule has 130 valence electrons. The molecule has 2 aromatic rings. The predicted octanol–water partition coefficient (Wildman–Crippen LogP) is 3.12. The van der Waals surface area contributed by atoms with Gasteiger partial charge in [-0.3, -0.25) is 4.79 Å². The summed E-state index contributed by atoms with van der Waals surface area (Å²) >= 11 is 6.10. The Morgan fingerprint density at radius 3 is 2.44 bits per heavy atom. The topological polar surface area (TPSA) is 79.7 Å². The number of carboxylic acids is 1. The number of halogens is 1. The Labute approximate surface area is 150 Å². The molecule has 0 atom stereocenters. The number of piperidine rings is 1. The first-order valence-electron chi connectivity index (χ1n) is 7.95. The van der Waals surface area contributed by atoms with Gasteiger partial charge in [-0.1, -0.05) is 29.8 Å². The van der Waals surface area contributed by atoms with Crippen molar-refractivity contribution in [2.75, 3.05) is 13.1 Å². The number of pyridine rings is 1. The predicted molar refractivity (Wildman–Crippen MR) is 92.2 cm³/mol. The third kappa shape index (κ3) is 4.09. The molecular formula is C18H17ClN2O4. The van der Waals surface area contributed by atoms with Crippen molar-refractivity contribution in [3.8, 4) is 5.75 Å². The van der Waals surface area contributed by atoms with Gasteiger partial charge in [0.1, 0.15) is 23.2 Å². The molecule has 1 N–H and O–H groups in total. The highest BCUT2D eigenvalue weighted by atomic mass is 35.5. The van der Waals surface area contributed by atoms with E-state index in [1.165, 1.54) is 18.2 Å². The number of rotatable bonds is 4. The fraction of sp³-hybridized carbons (Fsp3) is 0.278. The third-order valence-corrected chi connectivity index (χ3v) is 4.36. The first kappa shape index (κ1) is 17.2. The summed E-state index contributed by atoms with van der Waals surface area (Å²) in [5.74, 6) is -0.773. The number of benzene rings is 1. The zero-order chi connectivity index (χ0) is 17.8. The summed E-state index contributed by atoms with van der Waals surface area (Å²) in [6.45, 7) is 1.04. The van der Waals surface area contributed by atoms with Crippen molar-refractivity contribution in [1.82, 2.24) is 9.88 Å². The second kappa shape index (κ2) is 7.53. The molecule has 1 saturated heterocycles. The summed E-state index contributed by atoms with van der Waals surface area (Å²) in [4.78, 5) is 29.1. The van der Waals surface area contributed by atoms with Crippen LogP contribution < -0.4 is 4.74 Å². The van der Waals surface area contributed by atoms with E-state index in [2.05, 4.69) is 4.98 Å². The molecule has 1 amide bonds. The largest absolute Gasteiger partial charge is 0.489 e. The highest BCUT2D eigenvalue weighted by Crippen LogP contribution is 2.27. The number of nitrogens with zero attached hydrogens (tertiary/aromatic N) is 2. The molecule has 7 heteroatoms. The maximum Gasteiger partial charge on any atom is 0.354 e. The van der Waals surface area contributed by atoms with Crippen molar-refractivity contribution in [1.29, 1.82) is 0 Å². The second-order valence-corrected chi connectivity index (χ2v) is 6.16. The van der Waals surface area contributed by atoms with Crippen molar-refractivity contribution in [2.45, 2.75) is 18.9 Å². The molecule has 0 radical (unpaired) electrons. The number of aromatic nitrogens is 1. The van der Waals surface area contributed by atoms with Crippen molar-refractivity contribution >= 4 is 23.5 Å². The maximum atomic E-state index is 12.5. The third-order valence-electron chi connectivity index (χ3n) is 4.05. The summed E-state index contributed by atoms with van der Waals surface area (Å²) in [7, 11) is 0. The summed E-state index contributed by atoms with van der Waals surface area (Å²) in [5.41, 5.74) is 0.00756. The van der Waals surface area contributed by atoms with Crippen molar-refractivity contribution in [3.05, 3.63) is 58.9 Å². The van der Waals surface area contributed by atoms with Crippen LogP contribution >= 0.6 is 11.6 Å². The van der Waals surface area contributed by atoms with E-state index in [0.29, 0.717) is 36.7 Å². The van der Waals surface area contributed by atoms with E-state index in [0.717, 1.165) is 0 Å². The number of carboxylic acid groups (broad SMARTS) is 1. The van der Waals surface area contributed by atoms with Gasteiger partial charge in [-0.15, -0.1) is 0 Å². The molecular weight excluding hydrogens is 344 g/mol. The zero-order valence-electron chi connectivity index (χ0n) is 13.4. The van der Waals surface area contributed by atoms with Crippen LogP contribution in [-0.4, -0.2) is 46.1 Å². The van der Waals surface area contributed by atoms with Crippen LogP contribution in [0.5, 0.6) is 5.75 Å². The number of hydrogen-bond donors (Lipinski definition) is 1. The van der Waals surface area contributed by atoms with Crippen molar-refractivity contribution in [3.63, 3.8) is 0 Å². The lowest BCUT2D eigenvalue weighted by atomic mass is 10.1. The number of aromatic carboxylic acids is 1. The zero-order valence-corrected chi connectivity index (χ0v) is 14.1. The van der Waals surface area contributed by atoms with E-state index in [1.807, 2.05) is 18.2 Å². The van der Waals surface area contributed by atoms with Crippen LogP contribution in [0.4, 0.5) is 0 Å². The number of para-hydroxylation sites is 1. The van der Waals surface area contributed by atoms with Gasteiger partial charge >= 0.3 is 5.97 Å². The molecule has 0 spiro atoms. The lowest BCUT2D eigenvalue weighted by molar-refractivity contribution is 0.0590. The number of ether oxygens (including phenoxy) is 1. The molecule has 6 nitrogen and oxygen atoms in total. The van der Waals surface area contributed by atoms with E-state index in [4.69, 9.17) is 21.4 Å². The van der Waals surface area contributed by atoms with E-state index in [9.17, 15) is 9.59 Å². The fourth-order valence-electron chi connectivity index (χ4n) is 2.73. The average Bonchev–Trinajstić information content (AvgIpc) is 2.64. The summed E-state index contributed by atoms with van der Waals surface area (Å²) in [6.07, 6.45) is 1.34. The minimum absolute atomic E-state index is 0.0118. The summed E-state index contributed by atoms with van der Waals surface area (Å²) in [6, 6.07) is 11.7. The standard InChI is InChI=1S/C18H17ClN2O4/c19-13-4-1-2-7-16(13)25-12-8-10-21(11-9-12)17(22)14-5-3-6-15(20-14)18(23)24/h1-7,12H,8-11H2,(H,23,24).